The lowest BCUT2D eigenvalue weighted by Gasteiger charge is -2.39. The minimum atomic E-state index is -3.59. The van der Waals surface area contributed by atoms with Gasteiger partial charge in [0.05, 0.1) is 0 Å². The van der Waals surface area contributed by atoms with Gasteiger partial charge in [-0.2, -0.15) is 4.37 Å². The van der Waals surface area contributed by atoms with Crippen LogP contribution in [0.3, 0.4) is 0 Å². The summed E-state index contributed by atoms with van der Waals surface area (Å²) in [4.78, 5) is 0.110. The molecule has 0 aromatic carbocycles. The molecule has 1 aromatic rings. The van der Waals surface area contributed by atoms with Gasteiger partial charge < -0.3 is 11.1 Å². The fraction of sp³-hybridized carbons (Fsp3) is 0.769. The van der Waals surface area contributed by atoms with Crippen molar-refractivity contribution in [2.75, 3.05) is 25.1 Å². The number of hydrogen-bond acceptors (Lipinski definition) is 6. The Bertz CT molecular complexity index is 608. The molecule has 1 aromatic heterocycles. The summed E-state index contributed by atoms with van der Waals surface area (Å²) in [6.07, 6.45) is 4.55. The van der Waals surface area contributed by atoms with Crippen molar-refractivity contribution in [3.05, 3.63) is 0 Å². The molecular weight excluding hydrogens is 308 g/mol. The van der Waals surface area contributed by atoms with Crippen LogP contribution < -0.4 is 11.1 Å². The number of nitrogen functional groups attached to an aromatic ring is 1. The molecule has 3 N–H and O–H groups in total. The van der Waals surface area contributed by atoms with Crippen molar-refractivity contribution < 1.29 is 8.42 Å². The zero-order valence-electron chi connectivity index (χ0n) is 13.0. The van der Waals surface area contributed by atoms with E-state index < -0.39 is 10.0 Å². The van der Waals surface area contributed by atoms with Crippen LogP contribution in [0, 0.1) is 5.41 Å². The predicted octanol–water partition coefficient (Wildman–Crippen LogP) is 2.36. The summed E-state index contributed by atoms with van der Waals surface area (Å²) >= 11 is 1.12. The average Bonchev–Trinajstić information content (AvgIpc) is 2.73. The maximum absolute atomic E-state index is 12.4. The van der Waals surface area contributed by atoms with Gasteiger partial charge in [-0.25, -0.2) is 12.7 Å². The zero-order chi connectivity index (χ0) is 15.8. The van der Waals surface area contributed by atoms with E-state index >= 15 is 0 Å². The summed E-state index contributed by atoms with van der Waals surface area (Å²) in [5.74, 6) is 0.0739. The van der Waals surface area contributed by atoms with E-state index in [1.165, 1.54) is 24.8 Å². The molecule has 0 aliphatic heterocycles. The maximum atomic E-state index is 12.4. The highest BCUT2D eigenvalue weighted by atomic mass is 32.2. The van der Waals surface area contributed by atoms with Gasteiger partial charge in [-0.05, 0) is 29.8 Å². The molecule has 120 valence electrons. The minimum absolute atomic E-state index is 0.0739. The lowest BCUT2D eigenvalue weighted by Crippen LogP contribution is -2.39. The summed E-state index contributed by atoms with van der Waals surface area (Å²) in [5, 5.41) is 3.95. The van der Waals surface area contributed by atoms with Gasteiger partial charge in [0.2, 0.25) is 10.0 Å². The van der Waals surface area contributed by atoms with Crippen LogP contribution in [0.2, 0.25) is 0 Å². The van der Waals surface area contributed by atoms with Gasteiger partial charge in [0.15, 0.2) is 10.7 Å². The third-order valence-electron chi connectivity index (χ3n) is 4.23. The third kappa shape index (κ3) is 3.17. The van der Waals surface area contributed by atoms with Crippen LogP contribution in [-0.4, -0.2) is 37.2 Å². The molecule has 0 spiro atoms. The molecule has 8 heteroatoms. The Morgan fingerprint density at radius 1 is 1.38 bits per heavy atom. The fourth-order valence-electron chi connectivity index (χ4n) is 2.74. The molecule has 2 rings (SSSR count). The number of anilines is 2. The molecule has 0 amide bonds. The second-order valence-corrected chi connectivity index (χ2v) is 9.31. The molecule has 1 fully saturated rings. The van der Waals surface area contributed by atoms with Gasteiger partial charge in [0.25, 0.3) is 0 Å². The van der Waals surface area contributed by atoms with E-state index in [0.717, 1.165) is 30.8 Å². The topological polar surface area (TPSA) is 88.3 Å². The van der Waals surface area contributed by atoms with Crippen molar-refractivity contribution in [1.82, 2.24) is 8.68 Å². The van der Waals surface area contributed by atoms with Gasteiger partial charge in [0.1, 0.15) is 5.00 Å². The van der Waals surface area contributed by atoms with Gasteiger partial charge in [0, 0.05) is 20.1 Å². The second-order valence-electron chi connectivity index (χ2n) is 6.44. The Morgan fingerprint density at radius 3 is 2.62 bits per heavy atom. The highest BCUT2D eigenvalue weighted by molar-refractivity contribution is 7.89. The van der Waals surface area contributed by atoms with E-state index in [4.69, 9.17) is 5.73 Å². The Balaban J connectivity index is 2.34. The number of sulfonamides is 1. The first kappa shape index (κ1) is 16.5. The van der Waals surface area contributed by atoms with E-state index in [2.05, 4.69) is 23.5 Å². The molecule has 1 atom stereocenters. The summed E-state index contributed by atoms with van der Waals surface area (Å²) in [7, 11) is -0.588. The second kappa shape index (κ2) is 5.73. The van der Waals surface area contributed by atoms with Crippen molar-refractivity contribution in [2.24, 2.45) is 5.41 Å². The molecule has 1 aliphatic carbocycles. The van der Waals surface area contributed by atoms with E-state index in [1.54, 1.807) is 0 Å². The molecule has 1 saturated carbocycles. The maximum Gasteiger partial charge on any atom is 0.249 e. The fourth-order valence-corrected chi connectivity index (χ4v) is 4.85. The molecule has 1 heterocycles. The molecule has 1 unspecified atom stereocenters. The van der Waals surface area contributed by atoms with Gasteiger partial charge >= 0.3 is 0 Å². The summed E-state index contributed by atoms with van der Waals surface area (Å²) in [6.45, 7) is 4.43. The quantitative estimate of drug-likeness (QED) is 0.883. The van der Waals surface area contributed by atoms with Crippen LogP contribution in [0.1, 0.15) is 39.5 Å². The van der Waals surface area contributed by atoms with E-state index in [1.807, 2.05) is 0 Å². The largest absolute Gasteiger partial charge is 0.382 e. The Hall–Kier alpha value is -0.860. The lowest BCUT2D eigenvalue weighted by atomic mass is 9.73. The van der Waals surface area contributed by atoms with E-state index in [0.29, 0.717) is 5.00 Å². The third-order valence-corrected chi connectivity index (χ3v) is 7.04. The highest BCUT2D eigenvalue weighted by Crippen LogP contribution is 2.40. The summed E-state index contributed by atoms with van der Waals surface area (Å²) < 4.78 is 30.0. The SMILES string of the molecule is CN(C)S(=O)(=O)c1c(N)nsc1NC1CCCCC1(C)C. The van der Waals surface area contributed by atoms with Gasteiger partial charge in [-0.1, -0.05) is 26.7 Å². The van der Waals surface area contributed by atoms with Crippen LogP contribution >= 0.6 is 11.5 Å². The lowest BCUT2D eigenvalue weighted by molar-refractivity contribution is 0.217. The van der Waals surface area contributed by atoms with Crippen molar-refractivity contribution in [1.29, 1.82) is 0 Å². The van der Waals surface area contributed by atoms with Crippen LogP contribution in [0.5, 0.6) is 0 Å². The van der Waals surface area contributed by atoms with Crippen molar-refractivity contribution in [3.63, 3.8) is 0 Å². The minimum Gasteiger partial charge on any atom is -0.382 e. The van der Waals surface area contributed by atoms with Crippen molar-refractivity contribution >= 4 is 32.4 Å². The monoisotopic (exact) mass is 332 g/mol. The smallest absolute Gasteiger partial charge is 0.249 e. The number of hydrogen-bond donors (Lipinski definition) is 2. The van der Waals surface area contributed by atoms with E-state index in [-0.39, 0.29) is 22.2 Å². The molecule has 0 saturated heterocycles. The Kier molecular flexibility index (Phi) is 4.51. The first-order chi connectivity index (χ1) is 9.66. The Labute approximate surface area is 130 Å². The summed E-state index contributed by atoms with van der Waals surface area (Å²) in [5.41, 5.74) is 5.93. The van der Waals surface area contributed by atoms with Crippen molar-refractivity contribution in [3.8, 4) is 0 Å². The van der Waals surface area contributed by atoms with E-state index in [9.17, 15) is 8.42 Å². The number of nitrogens with two attached hydrogens (primary N) is 1. The predicted molar refractivity (Wildman–Crippen MR) is 87.1 cm³/mol. The average molecular weight is 332 g/mol. The number of aromatic nitrogens is 1. The first-order valence-electron chi connectivity index (χ1n) is 7.10. The number of rotatable bonds is 4. The molecule has 1 aliphatic rings. The van der Waals surface area contributed by atoms with Gasteiger partial charge in [-0.15, -0.1) is 0 Å². The molecule has 21 heavy (non-hydrogen) atoms. The molecular formula is C13H24N4O2S2. The highest BCUT2D eigenvalue weighted by Gasteiger charge is 2.35. The summed E-state index contributed by atoms with van der Waals surface area (Å²) in [6, 6.07) is 0.238. The van der Waals surface area contributed by atoms with Crippen LogP contribution in [-0.2, 0) is 10.0 Å². The molecule has 0 radical (unpaired) electrons. The number of nitrogens with zero attached hydrogens (tertiary/aromatic N) is 2. The van der Waals surface area contributed by atoms with Crippen LogP contribution in [0.25, 0.3) is 0 Å². The number of nitrogens with one attached hydrogen (secondary N) is 1. The first-order valence-corrected chi connectivity index (χ1v) is 9.32. The standard InChI is InChI=1S/C13H24N4O2S2/c1-13(2)8-6-5-7-9(13)15-12-10(11(14)16-20-12)21(18,19)17(3)4/h9,15H,5-8H2,1-4H3,(H2,14,16). The van der Waals surface area contributed by atoms with Crippen molar-refractivity contribution in [2.45, 2.75) is 50.5 Å². The normalized spacial score (nSPS) is 22.4. The van der Waals surface area contributed by atoms with Crippen LogP contribution in [0.15, 0.2) is 4.90 Å². The zero-order valence-corrected chi connectivity index (χ0v) is 14.6. The Morgan fingerprint density at radius 2 is 2.05 bits per heavy atom. The molecule has 6 nitrogen and oxygen atoms in total. The van der Waals surface area contributed by atoms with Crippen LogP contribution in [0.4, 0.5) is 10.8 Å². The molecule has 0 bridgehead atoms. The van der Waals surface area contributed by atoms with Gasteiger partial charge in [-0.3, -0.25) is 0 Å².